The molecule has 0 unspecified atom stereocenters. The SMILES string of the molecule is CCCCCCC1=CC(=O)c2cc(Cl)ccc2C1=S. The molecule has 1 aromatic carbocycles. The number of carbonyl (C=O) groups excluding carboxylic acids is 1. The van der Waals surface area contributed by atoms with E-state index >= 15 is 0 Å². The number of halogens is 1. The number of carbonyl (C=O) groups is 1. The minimum Gasteiger partial charge on any atom is -0.289 e. The Bertz CT molecular complexity index is 546. The van der Waals surface area contributed by atoms with Crippen molar-refractivity contribution < 1.29 is 4.79 Å². The Balaban J connectivity index is 2.15. The average molecular weight is 293 g/mol. The molecule has 0 saturated heterocycles. The maximum absolute atomic E-state index is 12.1. The third kappa shape index (κ3) is 3.31. The first-order valence-electron chi connectivity index (χ1n) is 6.72. The van der Waals surface area contributed by atoms with Crippen molar-refractivity contribution in [3.63, 3.8) is 0 Å². The summed E-state index contributed by atoms with van der Waals surface area (Å²) in [6.45, 7) is 2.19. The van der Waals surface area contributed by atoms with Gasteiger partial charge in [-0.2, -0.15) is 0 Å². The lowest BCUT2D eigenvalue weighted by Crippen LogP contribution is -2.16. The van der Waals surface area contributed by atoms with Gasteiger partial charge in [-0.1, -0.05) is 56.1 Å². The van der Waals surface area contributed by atoms with Gasteiger partial charge in [0.05, 0.1) is 0 Å². The van der Waals surface area contributed by atoms with Crippen molar-refractivity contribution in [1.82, 2.24) is 0 Å². The summed E-state index contributed by atoms with van der Waals surface area (Å²) in [7, 11) is 0. The molecule has 1 nitrogen and oxygen atoms in total. The van der Waals surface area contributed by atoms with Gasteiger partial charge in [0.15, 0.2) is 5.78 Å². The predicted octanol–water partition coefficient (Wildman–Crippen LogP) is 5.15. The van der Waals surface area contributed by atoms with Crippen LogP contribution in [0.15, 0.2) is 29.8 Å². The van der Waals surface area contributed by atoms with Crippen molar-refractivity contribution in [3.05, 3.63) is 46.0 Å². The molecule has 1 aliphatic rings. The number of rotatable bonds is 5. The van der Waals surface area contributed by atoms with Gasteiger partial charge in [-0.25, -0.2) is 0 Å². The molecule has 0 N–H and O–H groups in total. The summed E-state index contributed by atoms with van der Waals surface area (Å²) in [5.41, 5.74) is 2.50. The predicted molar refractivity (Wildman–Crippen MR) is 84.3 cm³/mol. The molecule has 0 fully saturated rings. The van der Waals surface area contributed by atoms with Crippen LogP contribution in [0.3, 0.4) is 0 Å². The molecular formula is C16H17ClOS. The number of benzene rings is 1. The molecule has 0 atom stereocenters. The van der Waals surface area contributed by atoms with Crippen LogP contribution in [0.4, 0.5) is 0 Å². The minimum atomic E-state index is 0.0246. The van der Waals surface area contributed by atoms with Crippen LogP contribution in [0, 0.1) is 0 Å². The van der Waals surface area contributed by atoms with E-state index in [-0.39, 0.29) is 5.78 Å². The van der Waals surface area contributed by atoms with E-state index in [0.717, 1.165) is 28.8 Å². The standard InChI is InChI=1S/C16H17ClOS/c1-2-3-4-5-6-11-9-15(18)14-10-12(17)7-8-13(14)16(11)19/h7-10H,2-6H2,1H3. The highest BCUT2D eigenvalue weighted by Gasteiger charge is 2.22. The number of ketones is 1. The van der Waals surface area contributed by atoms with E-state index in [1.807, 2.05) is 6.07 Å². The summed E-state index contributed by atoms with van der Waals surface area (Å²) in [5, 5.41) is 0.578. The summed E-state index contributed by atoms with van der Waals surface area (Å²) in [6, 6.07) is 5.35. The van der Waals surface area contributed by atoms with Gasteiger partial charge in [-0.3, -0.25) is 4.79 Å². The smallest absolute Gasteiger partial charge is 0.186 e. The van der Waals surface area contributed by atoms with E-state index in [9.17, 15) is 4.79 Å². The molecule has 0 aliphatic heterocycles. The number of thiocarbonyl (C=S) groups is 1. The summed E-state index contributed by atoms with van der Waals surface area (Å²) in [4.78, 5) is 12.9. The van der Waals surface area contributed by atoms with Crippen LogP contribution >= 0.6 is 23.8 Å². The van der Waals surface area contributed by atoms with Crippen LogP contribution < -0.4 is 0 Å². The normalized spacial score (nSPS) is 14.3. The monoisotopic (exact) mass is 292 g/mol. The third-order valence-electron chi connectivity index (χ3n) is 3.39. The van der Waals surface area contributed by atoms with Gasteiger partial charge < -0.3 is 0 Å². The number of hydrogen-bond donors (Lipinski definition) is 0. The molecule has 0 saturated carbocycles. The maximum atomic E-state index is 12.1. The Labute approximate surface area is 124 Å². The molecule has 100 valence electrons. The molecule has 0 bridgehead atoms. The highest BCUT2D eigenvalue weighted by molar-refractivity contribution is 7.81. The van der Waals surface area contributed by atoms with Crippen molar-refractivity contribution in [2.24, 2.45) is 0 Å². The molecule has 0 radical (unpaired) electrons. The zero-order chi connectivity index (χ0) is 13.8. The Morgan fingerprint density at radius 3 is 2.68 bits per heavy atom. The van der Waals surface area contributed by atoms with Crippen LogP contribution in [0.5, 0.6) is 0 Å². The van der Waals surface area contributed by atoms with Crippen molar-refractivity contribution in [3.8, 4) is 0 Å². The fraction of sp³-hybridized carbons (Fsp3) is 0.375. The number of unbranched alkanes of at least 4 members (excludes halogenated alkanes) is 3. The van der Waals surface area contributed by atoms with Gasteiger partial charge in [0.25, 0.3) is 0 Å². The first-order chi connectivity index (χ1) is 9.13. The minimum absolute atomic E-state index is 0.0246. The van der Waals surface area contributed by atoms with Gasteiger partial charge in [-0.05, 0) is 36.6 Å². The lowest BCUT2D eigenvalue weighted by atomic mass is 9.88. The molecule has 2 rings (SSSR count). The van der Waals surface area contributed by atoms with Gasteiger partial charge >= 0.3 is 0 Å². The average Bonchev–Trinajstić information content (AvgIpc) is 2.40. The van der Waals surface area contributed by atoms with E-state index in [2.05, 4.69) is 6.92 Å². The van der Waals surface area contributed by atoms with Gasteiger partial charge in [-0.15, -0.1) is 0 Å². The quantitative estimate of drug-likeness (QED) is 0.551. The van der Waals surface area contributed by atoms with Crippen LogP contribution in [0.2, 0.25) is 5.02 Å². The summed E-state index contributed by atoms with van der Waals surface area (Å²) in [5.74, 6) is 0.0246. The third-order valence-corrected chi connectivity index (χ3v) is 4.11. The zero-order valence-electron chi connectivity index (χ0n) is 11.0. The number of hydrogen-bond acceptors (Lipinski definition) is 2. The second-order valence-electron chi connectivity index (χ2n) is 4.86. The van der Waals surface area contributed by atoms with E-state index < -0.39 is 0 Å². The van der Waals surface area contributed by atoms with E-state index in [4.69, 9.17) is 23.8 Å². The second kappa shape index (κ2) is 6.44. The topological polar surface area (TPSA) is 17.1 Å². The Morgan fingerprint density at radius 1 is 1.16 bits per heavy atom. The first-order valence-corrected chi connectivity index (χ1v) is 7.51. The van der Waals surface area contributed by atoms with Gasteiger partial charge in [0.2, 0.25) is 0 Å². The molecule has 19 heavy (non-hydrogen) atoms. The van der Waals surface area contributed by atoms with Crippen molar-refractivity contribution in [1.29, 1.82) is 0 Å². The molecule has 3 heteroatoms. The molecule has 0 amide bonds. The van der Waals surface area contributed by atoms with Crippen molar-refractivity contribution in [2.45, 2.75) is 39.0 Å². The highest BCUT2D eigenvalue weighted by Crippen LogP contribution is 2.27. The lowest BCUT2D eigenvalue weighted by molar-refractivity contribution is 0.104. The van der Waals surface area contributed by atoms with Crippen molar-refractivity contribution >= 4 is 34.5 Å². The molecule has 0 heterocycles. The largest absolute Gasteiger partial charge is 0.289 e. The summed E-state index contributed by atoms with van der Waals surface area (Å²) in [6.07, 6.45) is 7.32. The van der Waals surface area contributed by atoms with Crippen molar-refractivity contribution in [2.75, 3.05) is 0 Å². The van der Waals surface area contributed by atoms with Crippen LogP contribution in [0.1, 0.15) is 54.9 Å². The van der Waals surface area contributed by atoms with E-state index in [1.165, 1.54) is 19.3 Å². The Morgan fingerprint density at radius 2 is 1.95 bits per heavy atom. The molecule has 1 aliphatic carbocycles. The zero-order valence-corrected chi connectivity index (χ0v) is 12.6. The van der Waals surface area contributed by atoms with Crippen LogP contribution in [-0.4, -0.2) is 10.6 Å². The maximum Gasteiger partial charge on any atom is 0.186 e. The summed E-state index contributed by atoms with van der Waals surface area (Å²) < 4.78 is 0. The number of fused-ring (bicyclic) bond motifs is 1. The highest BCUT2D eigenvalue weighted by atomic mass is 35.5. The fourth-order valence-electron chi connectivity index (χ4n) is 2.32. The lowest BCUT2D eigenvalue weighted by Gasteiger charge is -2.17. The second-order valence-corrected chi connectivity index (χ2v) is 5.71. The Hall–Kier alpha value is -0.990. The first kappa shape index (κ1) is 14.4. The summed E-state index contributed by atoms with van der Waals surface area (Å²) >= 11 is 11.4. The van der Waals surface area contributed by atoms with E-state index in [0.29, 0.717) is 10.6 Å². The Kier molecular flexibility index (Phi) is 4.89. The molecular weight excluding hydrogens is 276 g/mol. The molecule has 0 aromatic heterocycles. The van der Waals surface area contributed by atoms with Crippen LogP contribution in [-0.2, 0) is 0 Å². The molecule has 0 spiro atoms. The van der Waals surface area contributed by atoms with E-state index in [1.54, 1.807) is 18.2 Å². The fourth-order valence-corrected chi connectivity index (χ4v) is 2.83. The van der Waals surface area contributed by atoms with Gasteiger partial charge in [0.1, 0.15) is 0 Å². The molecule has 1 aromatic rings. The van der Waals surface area contributed by atoms with Gasteiger partial charge in [0, 0.05) is 21.0 Å². The van der Waals surface area contributed by atoms with Crippen LogP contribution in [0.25, 0.3) is 0 Å². The number of allylic oxidation sites excluding steroid dienone is 2.